The van der Waals surface area contributed by atoms with Crippen molar-refractivity contribution in [3.05, 3.63) is 0 Å². The van der Waals surface area contributed by atoms with Crippen LogP contribution in [0.15, 0.2) is 0 Å². The minimum absolute atomic E-state index is 0.0575. The predicted octanol–water partition coefficient (Wildman–Crippen LogP) is 0.317. The molecule has 0 bridgehead atoms. The molecule has 100 valence electrons. The highest BCUT2D eigenvalue weighted by molar-refractivity contribution is 5.69. The summed E-state index contributed by atoms with van der Waals surface area (Å²) in [5.41, 5.74) is 0. The van der Waals surface area contributed by atoms with Gasteiger partial charge >= 0.3 is 5.97 Å². The molecule has 0 aliphatic carbocycles. The van der Waals surface area contributed by atoms with E-state index in [1.165, 1.54) is 6.42 Å². The Kier molecular flexibility index (Phi) is 7.16. The zero-order valence-corrected chi connectivity index (χ0v) is 10.5. The van der Waals surface area contributed by atoms with E-state index in [4.69, 9.17) is 9.47 Å². The molecular formula is C12H23NO4. The monoisotopic (exact) mass is 245 g/mol. The summed E-state index contributed by atoms with van der Waals surface area (Å²) in [5.74, 6) is 0.182. The molecule has 17 heavy (non-hydrogen) atoms. The van der Waals surface area contributed by atoms with Gasteiger partial charge in [0.2, 0.25) is 0 Å². The molecule has 0 aromatic carbocycles. The number of carbonyl (C=O) groups is 1. The molecule has 1 fully saturated rings. The van der Waals surface area contributed by atoms with E-state index < -0.39 is 6.10 Å². The first-order chi connectivity index (χ1) is 8.22. The van der Waals surface area contributed by atoms with Crippen LogP contribution in [-0.2, 0) is 14.3 Å². The number of ether oxygens (including phenoxy) is 2. The number of esters is 1. The second-order valence-electron chi connectivity index (χ2n) is 4.40. The molecule has 0 spiro atoms. The van der Waals surface area contributed by atoms with Crippen molar-refractivity contribution in [3.8, 4) is 0 Å². The average Bonchev–Trinajstić information content (AvgIpc) is 2.30. The molecule has 0 saturated carbocycles. The molecule has 1 aliphatic heterocycles. The Hall–Kier alpha value is -0.650. The largest absolute Gasteiger partial charge is 0.466 e. The predicted molar refractivity (Wildman–Crippen MR) is 63.7 cm³/mol. The Balaban J connectivity index is 2.02. The van der Waals surface area contributed by atoms with Crippen molar-refractivity contribution >= 4 is 5.97 Å². The van der Waals surface area contributed by atoms with Crippen molar-refractivity contribution in [2.45, 2.75) is 32.3 Å². The highest BCUT2D eigenvalue weighted by atomic mass is 16.5. The third-order valence-corrected chi connectivity index (χ3v) is 2.78. The van der Waals surface area contributed by atoms with Crippen LogP contribution in [0.25, 0.3) is 0 Å². The van der Waals surface area contributed by atoms with Gasteiger partial charge in [-0.05, 0) is 25.7 Å². The average molecular weight is 245 g/mol. The molecule has 5 heteroatoms. The van der Waals surface area contributed by atoms with Crippen LogP contribution in [0.4, 0.5) is 0 Å². The normalized spacial score (nSPS) is 22.1. The van der Waals surface area contributed by atoms with Gasteiger partial charge in [-0.2, -0.15) is 0 Å². The molecule has 2 unspecified atom stereocenters. The molecule has 1 rings (SSSR count). The molecule has 5 nitrogen and oxygen atoms in total. The number of hydrogen-bond acceptors (Lipinski definition) is 5. The second kappa shape index (κ2) is 8.44. The molecular weight excluding hydrogens is 222 g/mol. The number of hydrogen-bond donors (Lipinski definition) is 2. The zero-order valence-electron chi connectivity index (χ0n) is 10.5. The van der Waals surface area contributed by atoms with E-state index in [0.29, 0.717) is 19.1 Å². The fourth-order valence-corrected chi connectivity index (χ4v) is 1.91. The van der Waals surface area contributed by atoms with Crippen molar-refractivity contribution in [2.75, 3.05) is 32.9 Å². The summed E-state index contributed by atoms with van der Waals surface area (Å²) in [7, 11) is 0. The SMILES string of the molecule is CCOC(=O)CC(O)CNCC1CCCOC1. The number of carbonyl (C=O) groups excluding carboxylic acids is 1. The number of aliphatic hydroxyl groups is 1. The van der Waals surface area contributed by atoms with Crippen molar-refractivity contribution < 1.29 is 19.4 Å². The van der Waals surface area contributed by atoms with Crippen molar-refractivity contribution in [1.82, 2.24) is 5.32 Å². The summed E-state index contributed by atoms with van der Waals surface area (Å²) in [6, 6.07) is 0. The third kappa shape index (κ3) is 6.61. The van der Waals surface area contributed by atoms with Crippen LogP contribution in [0.5, 0.6) is 0 Å². The number of nitrogens with one attached hydrogen (secondary N) is 1. The lowest BCUT2D eigenvalue weighted by Gasteiger charge is -2.22. The van der Waals surface area contributed by atoms with E-state index in [0.717, 1.165) is 26.2 Å². The van der Waals surface area contributed by atoms with Crippen LogP contribution in [0.3, 0.4) is 0 Å². The minimum Gasteiger partial charge on any atom is -0.466 e. The maximum Gasteiger partial charge on any atom is 0.308 e. The molecule has 2 N–H and O–H groups in total. The van der Waals surface area contributed by atoms with Gasteiger partial charge in [0.15, 0.2) is 0 Å². The standard InChI is InChI=1S/C12H23NO4/c1-2-17-12(15)6-11(14)8-13-7-10-4-3-5-16-9-10/h10-11,13-14H,2-9H2,1H3. The van der Waals surface area contributed by atoms with Crippen molar-refractivity contribution in [3.63, 3.8) is 0 Å². The third-order valence-electron chi connectivity index (χ3n) is 2.78. The Labute approximate surface area is 102 Å². The van der Waals surface area contributed by atoms with Crippen LogP contribution in [0, 0.1) is 5.92 Å². The summed E-state index contributed by atoms with van der Waals surface area (Å²) < 4.78 is 10.1. The molecule has 2 atom stereocenters. The lowest BCUT2D eigenvalue weighted by atomic mass is 10.0. The van der Waals surface area contributed by atoms with Crippen LogP contribution in [0.1, 0.15) is 26.2 Å². The van der Waals surface area contributed by atoms with Gasteiger partial charge in [-0.25, -0.2) is 0 Å². The minimum atomic E-state index is -0.668. The Morgan fingerprint density at radius 1 is 1.65 bits per heavy atom. The topological polar surface area (TPSA) is 67.8 Å². The van der Waals surface area contributed by atoms with Crippen LogP contribution in [0.2, 0.25) is 0 Å². The fourth-order valence-electron chi connectivity index (χ4n) is 1.91. The van der Waals surface area contributed by atoms with E-state index in [-0.39, 0.29) is 12.4 Å². The molecule has 0 aromatic heterocycles. The Bertz CT molecular complexity index is 217. The van der Waals surface area contributed by atoms with E-state index in [1.807, 2.05) is 0 Å². The lowest BCUT2D eigenvalue weighted by Crippen LogP contribution is -2.35. The summed E-state index contributed by atoms with van der Waals surface area (Å²) in [4.78, 5) is 11.1. The van der Waals surface area contributed by atoms with Crippen molar-refractivity contribution in [2.24, 2.45) is 5.92 Å². The zero-order chi connectivity index (χ0) is 12.5. The summed E-state index contributed by atoms with van der Waals surface area (Å²) in [6.45, 7) is 5.03. The highest BCUT2D eigenvalue weighted by Crippen LogP contribution is 2.12. The number of aliphatic hydroxyl groups excluding tert-OH is 1. The second-order valence-corrected chi connectivity index (χ2v) is 4.40. The first kappa shape index (κ1) is 14.4. The molecule has 1 heterocycles. The molecule has 1 saturated heterocycles. The maximum atomic E-state index is 11.1. The van der Waals surface area contributed by atoms with Gasteiger partial charge in [-0.1, -0.05) is 0 Å². The molecule has 1 aliphatic rings. The Morgan fingerprint density at radius 2 is 2.47 bits per heavy atom. The van der Waals surface area contributed by atoms with E-state index in [2.05, 4.69) is 5.32 Å². The van der Waals surface area contributed by atoms with Gasteiger partial charge in [0, 0.05) is 19.7 Å². The summed E-state index contributed by atoms with van der Waals surface area (Å²) >= 11 is 0. The van der Waals surface area contributed by atoms with Crippen molar-refractivity contribution in [1.29, 1.82) is 0 Å². The Morgan fingerprint density at radius 3 is 3.12 bits per heavy atom. The lowest BCUT2D eigenvalue weighted by molar-refractivity contribution is -0.145. The van der Waals surface area contributed by atoms with E-state index in [9.17, 15) is 9.90 Å². The summed E-state index contributed by atoms with van der Waals surface area (Å²) in [5, 5.41) is 12.7. The fraction of sp³-hybridized carbons (Fsp3) is 0.917. The maximum absolute atomic E-state index is 11.1. The van der Waals surface area contributed by atoms with Gasteiger partial charge in [-0.3, -0.25) is 4.79 Å². The van der Waals surface area contributed by atoms with Crippen LogP contribution < -0.4 is 5.32 Å². The number of rotatable bonds is 7. The van der Waals surface area contributed by atoms with Gasteiger partial charge in [-0.15, -0.1) is 0 Å². The molecule has 0 amide bonds. The van der Waals surface area contributed by atoms with E-state index >= 15 is 0 Å². The van der Waals surface area contributed by atoms with Gasteiger partial charge in [0.25, 0.3) is 0 Å². The van der Waals surface area contributed by atoms with Crippen LogP contribution in [-0.4, -0.2) is 50.1 Å². The van der Waals surface area contributed by atoms with E-state index in [1.54, 1.807) is 6.92 Å². The quantitative estimate of drug-likeness (QED) is 0.632. The molecule has 0 radical (unpaired) electrons. The summed E-state index contributed by atoms with van der Waals surface area (Å²) in [6.07, 6.45) is 1.67. The highest BCUT2D eigenvalue weighted by Gasteiger charge is 2.15. The smallest absolute Gasteiger partial charge is 0.308 e. The van der Waals surface area contributed by atoms with Gasteiger partial charge < -0.3 is 19.9 Å². The van der Waals surface area contributed by atoms with Gasteiger partial charge in [0.05, 0.1) is 25.7 Å². The van der Waals surface area contributed by atoms with Gasteiger partial charge in [0.1, 0.15) is 0 Å². The van der Waals surface area contributed by atoms with Crippen LogP contribution >= 0.6 is 0 Å². The first-order valence-corrected chi connectivity index (χ1v) is 6.34. The first-order valence-electron chi connectivity index (χ1n) is 6.34. The molecule has 0 aromatic rings.